The van der Waals surface area contributed by atoms with Gasteiger partial charge in [0.15, 0.2) is 0 Å². The van der Waals surface area contributed by atoms with Crippen molar-refractivity contribution < 1.29 is 17.5 Å². The van der Waals surface area contributed by atoms with E-state index in [1.165, 1.54) is 24.3 Å². The Hall–Kier alpha value is -2.28. The second kappa shape index (κ2) is 5.73. The highest BCUT2D eigenvalue weighted by Gasteiger charge is 2.24. The van der Waals surface area contributed by atoms with Gasteiger partial charge in [-0.2, -0.15) is 0 Å². The second-order valence-corrected chi connectivity index (χ2v) is 7.09. The van der Waals surface area contributed by atoms with Crippen molar-refractivity contribution in [1.29, 1.82) is 0 Å². The van der Waals surface area contributed by atoms with Crippen molar-refractivity contribution in [2.45, 2.75) is 11.8 Å². The summed E-state index contributed by atoms with van der Waals surface area (Å²) in [5.74, 6) is -0.110. The first kappa shape index (κ1) is 15.6. The van der Waals surface area contributed by atoms with Crippen LogP contribution in [0.3, 0.4) is 0 Å². The molecule has 0 saturated heterocycles. The standard InChI is InChI=1S/C16H17FN2O3S/c1-11-9-14-15(22-8-7-19(14)2)10-16(11)23(20,21)18-13-6-4-3-5-12(13)17/h3-6,9-10,18H,7-8H2,1-2H3. The predicted molar refractivity (Wildman–Crippen MR) is 87.2 cm³/mol. The van der Waals surface area contributed by atoms with Gasteiger partial charge in [0.1, 0.15) is 18.2 Å². The van der Waals surface area contributed by atoms with E-state index in [1.807, 2.05) is 11.9 Å². The van der Waals surface area contributed by atoms with E-state index in [2.05, 4.69) is 4.72 Å². The van der Waals surface area contributed by atoms with Gasteiger partial charge in [-0.25, -0.2) is 12.8 Å². The fourth-order valence-corrected chi connectivity index (χ4v) is 3.82. The number of sulfonamides is 1. The van der Waals surface area contributed by atoms with E-state index in [1.54, 1.807) is 19.1 Å². The van der Waals surface area contributed by atoms with Crippen LogP contribution in [0.25, 0.3) is 0 Å². The predicted octanol–water partition coefficient (Wildman–Crippen LogP) is 2.76. The van der Waals surface area contributed by atoms with Crippen LogP contribution in [-0.4, -0.2) is 28.6 Å². The molecule has 0 spiro atoms. The molecule has 1 heterocycles. The molecular weight excluding hydrogens is 319 g/mol. The fraction of sp³-hybridized carbons (Fsp3) is 0.250. The smallest absolute Gasteiger partial charge is 0.262 e. The molecule has 2 aromatic carbocycles. The maximum absolute atomic E-state index is 13.7. The summed E-state index contributed by atoms with van der Waals surface area (Å²) in [4.78, 5) is 2.08. The van der Waals surface area contributed by atoms with Crippen LogP contribution in [0.1, 0.15) is 5.56 Å². The summed E-state index contributed by atoms with van der Waals surface area (Å²) in [7, 11) is -1.98. The average Bonchev–Trinajstić information content (AvgIpc) is 2.50. The Morgan fingerprint density at radius 1 is 1.26 bits per heavy atom. The maximum atomic E-state index is 13.7. The summed E-state index contributed by atoms with van der Waals surface area (Å²) in [5.41, 5.74) is 1.34. The second-order valence-electron chi connectivity index (χ2n) is 5.44. The number of benzene rings is 2. The SMILES string of the molecule is Cc1cc2c(cc1S(=O)(=O)Nc1ccccc1F)OCCN2C. The Labute approximate surface area is 134 Å². The number of para-hydroxylation sites is 1. The fourth-order valence-electron chi connectivity index (χ4n) is 2.51. The number of aryl methyl sites for hydroxylation is 1. The van der Waals surface area contributed by atoms with Crippen LogP contribution in [0, 0.1) is 12.7 Å². The van der Waals surface area contributed by atoms with Gasteiger partial charge in [0.05, 0.1) is 22.8 Å². The van der Waals surface area contributed by atoms with Crippen LogP contribution in [-0.2, 0) is 10.0 Å². The van der Waals surface area contributed by atoms with Crippen molar-refractivity contribution in [2.75, 3.05) is 29.8 Å². The monoisotopic (exact) mass is 336 g/mol. The molecule has 23 heavy (non-hydrogen) atoms. The molecule has 0 atom stereocenters. The van der Waals surface area contributed by atoms with Crippen LogP contribution in [0.4, 0.5) is 15.8 Å². The third-order valence-corrected chi connectivity index (χ3v) is 5.27. The molecule has 2 aromatic rings. The minimum absolute atomic E-state index is 0.0785. The van der Waals surface area contributed by atoms with Crippen LogP contribution >= 0.6 is 0 Å². The van der Waals surface area contributed by atoms with E-state index in [4.69, 9.17) is 4.74 Å². The molecule has 0 fully saturated rings. The maximum Gasteiger partial charge on any atom is 0.262 e. The summed E-state index contributed by atoms with van der Waals surface area (Å²) in [6.45, 7) is 2.94. The first-order chi connectivity index (χ1) is 10.9. The lowest BCUT2D eigenvalue weighted by Crippen LogP contribution is -2.29. The number of ether oxygens (including phenoxy) is 1. The Kier molecular flexibility index (Phi) is 3.89. The van der Waals surface area contributed by atoms with E-state index < -0.39 is 15.8 Å². The molecule has 0 bridgehead atoms. The third kappa shape index (κ3) is 2.96. The number of nitrogens with zero attached hydrogens (tertiary/aromatic N) is 1. The molecule has 1 aliphatic heterocycles. The molecule has 0 radical (unpaired) electrons. The average molecular weight is 336 g/mol. The largest absolute Gasteiger partial charge is 0.490 e. The summed E-state index contributed by atoms with van der Waals surface area (Å²) >= 11 is 0. The van der Waals surface area contributed by atoms with Gasteiger partial charge in [-0.3, -0.25) is 4.72 Å². The molecule has 122 valence electrons. The van der Waals surface area contributed by atoms with E-state index in [-0.39, 0.29) is 10.6 Å². The summed E-state index contributed by atoms with van der Waals surface area (Å²) in [6, 6.07) is 8.91. The number of anilines is 2. The van der Waals surface area contributed by atoms with Crippen molar-refractivity contribution >= 4 is 21.4 Å². The number of hydrogen-bond donors (Lipinski definition) is 1. The molecule has 0 aromatic heterocycles. The topological polar surface area (TPSA) is 58.6 Å². The van der Waals surface area contributed by atoms with Crippen molar-refractivity contribution in [1.82, 2.24) is 0 Å². The molecule has 0 saturated carbocycles. The van der Waals surface area contributed by atoms with Crippen LogP contribution in [0.5, 0.6) is 5.75 Å². The van der Waals surface area contributed by atoms with Gasteiger partial charge >= 0.3 is 0 Å². The highest BCUT2D eigenvalue weighted by molar-refractivity contribution is 7.92. The summed E-state index contributed by atoms with van der Waals surface area (Å²) in [5, 5.41) is 0. The van der Waals surface area contributed by atoms with Gasteiger partial charge in [0.25, 0.3) is 10.0 Å². The van der Waals surface area contributed by atoms with Crippen LogP contribution in [0.15, 0.2) is 41.3 Å². The number of rotatable bonds is 3. The molecule has 5 nitrogen and oxygen atoms in total. The van der Waals surface area contributed by atoms with Crippen LogP contribution in [0.2, 0.25) is 0 Å². The first-order valence-corrected chi connectivity index (χ1v) is 8.63. The lowest BCUT2D eigenvalue weighted by molar-refractivity contribution is 0.310. The highest BCUT2D eigenvalue weighted by atomic mass is 32.2. The summed E-state index contributed by atoms with van der Waals surface area (Å²) in [6.07, 6.45) is 0. The normalized spacial score (nSPS) is 14.1. The van der Waals surface area contributed by atoms with E-state index >= 15 is 0 Å². The Morgan fingerprint density at radius 3 is 2.74 bits per heavy atom. The zero-order chi connectivity index (χ0) is 16.6. The quantitative estimate of drug-likeness (QED) is 0.936. The van der Waals surface area contributed by atoms with Crippen molar-refractivity contribution in [3.63, 3.8) is 0 Å². The Morgan fingerprint density at radius 2 is 2.00 bits per heavy atom. The third-order valence-electron chi connectivity index (χ3n) is 3.76. The molecule has 7 heteroatoms. The van der Waals surface area contributed by atoms with Gasteiger partial charge in [-0.1, -0.05) is 12.1 Å². The van der Waals surface area contributed by atoms with Crippen molar-refractivity contribution in [3.8, 4) is 5.75 Å². The molecule has 0 amide bonds. The highest BCUT2D eigenvalue weighted by Crippen LogP contribution is 2.35. The minimum Gasteiger partial charge on any atom is -0.490 e. The number of nitrogens with one attached hydrogen (secondary N) is 1. The Balaban J connectivity index is 2.02. The lowest BCUT2D eigenvalue weighted by atomic mass is 10.2. The van der Waals surface area contributed by atoms with Gasteiger partial charge in [-0.15, -0.1) is 0 Å². The van der Waals surface area contributed by atoms with Gasteiger partial charge < -0.3 is 9.64 Å². The van der Waals surface area contributed by atoms with E-state index in [0.717, 1.165) is 12.2 Å². The van der Waals surface area contributed by atoms with Crippen molar-refractivity contribution in [3.05, 3.63) is 47.8 Å². The number of hydrogen-bond acceptors (Lipinski definition) is 4. The summed E-state index contributed by atoms with van der Waals surface area (Å²) < 4.78 is 46.7. The minimum atomic E-state index is -3.91. The van der Waals surface area contributed by atoms with Gasteiger partial charge in [0, 0.05) is 13.1 Å². The number of likely N-dealkylation sites (N-methyl/N-ethyl adjacent to an activating group) is 1. The molecule has 0 aliphatic carbocycles. The first-order valence-electron chi connectivity index (χ1n) is 7.14. The lowest BCUT2D eigenvalue weighted by Gasteiger charge is -2.28. The number of fused-ring (bicyclic) bond motifs is 1. The van der Waals surface area contributed by atoms with Crippen LogP contribution < -0.4 is 14.4 Å². The molecule has 1 N–H and O–H groups in total. The van der Waals surface area contributed by atoms with E-state index in [0.29, 0.717) is 17.9 Å². The molecular formula is C16H17FN2O3S. The molecule has 1 aliphatic rings. The van der Waals surface area contributed by atoms with E-state index in [9.17, 15) is 12.8 Å². The van der Waals surface area contributed by atoms with Gasteiger partial charge in [0.2, 0.25) is 0 Å². The zero-order valence-electron chi connectivity index (χ0n) is 12.8. The molecule has 0 unspecified atom stereocenters. The Bertz CT molecular complexity index is 852. The van der Waals surface area contributed by atoms with Gasteiger partial charge in [-0.05, 0) is 30.7 Å². The number of halogens is 1. The molecule has 3 rings (SSSR count). The zero-order valence-corrected chi connectivity index (χ0v) is 13.7. The van der Waals surface area contributed by atoms with Crippen molar-refractivity contribution in [2.24, 2.45) is 0 Å².